The average molecular weight is 476 g/mol. The summed E-state index contributed by atoms with van der Waals surface area (Å²) in [4.78, 5) is 13.6. The molecule has 0 unspecified atom stereocenters. The molecule has 0 saturated heterocycles. The van der Waals surface area contributed by atoms with Crippen molar-refractivity contribution in [1.29, 1.82) is 0 Å². The van der Waals surface area contributed by atoms with Gasteiger partial charge in [0, 0.05) is 0 Å². The molecule has 2 nitrogen and oxygen atoms in total. The van der Waals surface area contributed by atoms with Crippen molar-refractivity contribution in [2.24, 2.45) is 0 Å². The predicted octanol–water partition coefficient (Wildman–Crippen LogP) is 3.16. The van der Waals surface area contributed by atoms with Crippen LogP contribution in [0.3, 0.4) is 0 Å². The first-order chi connectivity index (χ1) is 11.1. The summed E-state index contributed by atoms with van der Waals surface area (Å²) in [6.45, 7) is 0. The van der Waals surface area contributed by atoms with Crippen LogP contribution in [-0.4, -0.2) is 40.0 Å². The van der Waals surface area contributed by atoms with Gasteiger partial charge in [0.2, 0.25) is 0 Å². The van der Waals surface area contributed by atoms with Crippen molar-refractivity contribution in [3.05, 3.63) is 64.2 Å². The van der Waals surface area contributed by atoms with Gasteiger partial charge in [0.15, 0.2) is 0 Å². The van der Waals surface area contributed by atoms with Crippen LogP contribution in [0.2, 0.25) is 11.5 Å². The summed E-state index contributed by atoms with van der Waals surface area (Å²) < 4.78 is 5.35. The minimum atomic E-state index is -2.27. The Balaban J connectivity index is 2.02. The number of carbonyl (C=O) groups excluding carboxylic acids is 1. The number of para-hydroxylation sites is 2. The van der Waals surface area contributed by atoms with Gasteiger partial charge in [0.05, 0.1) is 0 Å². The molecule has 0 saturated carbocycles. The number of rotatable bonds is 2. The van der Waals surface area contributed by atoms with Crippen LogP contribution in [0.15, 0.2) is 60.7 Å². The van der Waals surface area contributed by atoms with Crippen molar-refractivity contribution >= 4 is 63.9 Å². The molecule has 0 amide bonds. The van der Waals surface area contributed by atoms with Crippen molar-refractivity contribution in [2.75, 3.05) is 4.90 Å². The molecule has 3 aromatic rings. The van der Waals surface area contributed by atoms with Crippen molar-refractivity contribution in [3.63, 3.8) is 0 Å². The van der Waals surface area contributed by atoms with Crippen LogP contribution in [-0.2, 0) is 0 Å². The Bertz CT molecular complexity index is 850. The molecule has 1 aliphatic rings. The third-order valence-corrected chi connectivity index (χ3v) is 14.9. The third-order valence-electron chi connectivity index (χ3n) is 4.59. The average Bonchev–Trinajstić information content (AvgIpc) is 3.04. The summed E-state index contributed by atoms with van der Waals surface area (Å²) in [7, 11) is 0. The second-order valence-corrected chi connectivity index (χ2v) is 18.5. The van der Waals surface area contributed by atoms with E-state index in [1.165, 1.54) is 23.9 Å². The molecule has 114 valence electrons. The molecule has 0 aliphatic carbocycles. The van der Waals surface area contributed by atoms with E-state index in [1.807, 2.05) is 6.07 Å². The number of fused-ring (bicyclic) bond motifs is 2. The van der Waals surface area contributed by atoms with Gasteiger partial charge in [-0.1, -0.05) is 0 Å². The zero-order valence-electron chi connectivity index (χ0n) is 13.1. The number of benzene rings is 2. The van der Waals surface area contributed by atoms with Gasteiger partial charge in [0.25, 0.3) is 0 Å². The van der Waals surface area contributed by atoms with Gasteiger partial charge in [-0.3, -0.25) is 0 Å². The molecule has 4 heteroatoms. The first-order valence-corrected chi connectivity index (χ1v) is 16.3. The first kappa shape index (κ1) is 15.3. The third kappa shape index (κ3) is 2.34. The van der Waals surface area contributed by atoms with Gasteiger partial charge in [0.1, 0.15) is 0 Å². The number of hydrogen-bond acceptors (Lipinski definition) is 2. The van der Waals surface area contributed by atoms with Gasteiger partial charge >= 0.3 is 149 Å². The Kier molecular flexibility index (Phi) is 3.76. The number of aldehydes is 1. The molecule has 2 aromatic carbocycles. The van der Waals surface area contributed by atoms with Crippen LogP contribution >= 0.6 is 0 Å². The van der Waals surface area contributed by atoms with Crippen LogP contribution < -0.4 is 13.7 Å². The summed E-state index contributed by atoms with van der Waals surface area (Å²) >= 11 is -2.87. The fourth-order valence-electron chi connectivity index (χ4n) is 3.43. The van der Waals surface area contributed by atoms with E-state index in [0.717, 1.165) is 9.87 Å². The standard InChI is InChI=1S/C19H17GeNOTe/c1-20(2)15-7-3-5-9-17(15)21(18-10-6-4-8-16(18)20)19-12-11-14(13-22)23-19/h3-13H,1-2H3. The molecule has 0 radical (unpaired) electrons. The van der Waals surface area contributed by atoms with E-state index in [-0.39, 0.29) is 0 Å². The Morgan fingerprint density at radius 2 is 1.43 bits per heavy atom. The van der Waals surface area contributed by atoms with Crippen molar-refractivity contribution in [1.82, 2.24) is 0 Å². The molecule has 0 spiro atoms. The van der Waals surface area contributed by atoms with Crippen LogP contribution in [0.25, 0.3) is 0 Å². The number of carbonyl (C=O) groups is 1. The molecule has 1 aliphatic heterocycles. The fourth-order valence-corrected chi connectivity index (χ4v) is 12.1. The quantitative estimate of drug-likeness (QED) is 0.419. The number of hydrogen-bond donors (Lipinski definition) is 0. The van der Waals surface area contributed by atoms with Crippen molar-refractivity contribution < 1.29 is 4.79 Å². The van der Waals surface area contributed by atoms with Crippen LogP contribution in [0.5, 0.6) is 0 Å². The maximum absolute atomic E-state index is 11.2. The van der Waals surface area contributed by atoms with Gasteiger partial charge < -0.3 is 0 Å². The van der Waals surface area contributed by atoms with Crippen LogP contribution in [0.1, 0.15) is 8.37 Å². The van der Waals surface area contributed by atoms with Crippen molar-refractivity contribution in [2.45, 2.75) is 11.5 Å². The molecule has 0 bridgehead atoms. The second kappa shape index (κ2) is 5.66. The summed E-state index contributed by atoms with van der Waals surface area (Å²) in [6, 6.07) is 21.8. The molecule has 2 heterocycles. The topological polar surface area (TPSA) is 20.3 Å². The van der Waals surface area contributed by atoms with Gasteiger partial charge in [-0.25, -0.2) is 0 Å². The molecular weight excluding hydrogens is 458 g/mol. The van der Waals surface area contributed by atoms with E-state index in [0.29, 0.717) is 0 Å². The Morgan fingerprint density at radius 1 is 0.870 bits per heavy atom. The van der Waals surface area contributed by atoms with E-state index in [2.05, 4.69) is 71.0 Å². The molecular formula is C19H17GeNOTe. The van der Waals surface area contributed by atoms with E-state index in [9.17, 15) is 4.79 Å². The predicted molar refractivity (Wildman–Crippen MR) is 100 cm³/mol. The Morgan fingerprint density at radius 3 is 1.96 bits per heavy atom. The summed E-state index contributed by atoms with van der Waals surface area (Å²) in [6.07, 6.45) is 1.02. The second-order valence-electron chi connectivity index (χ2n) is 6.29. The van der Waals surface area contributed by atoms with E-state index in [1.54, 1.807) is 0 Å². The van der Waals surface area contributed by atoms with Crippen LogP contribution in [0.4, 0.5) is 15.1 Å². The fraction of sp³-hybridized carbons (Fsp3) is 0.105. The zero-order chi connectivity index (χ0) is 16.0. The number of anilines is 3. The molecule has 0 N–H and O–H groups in total. The molecule has 1 aromatic heterocycles. The van der Waals surface area contributed by atoms with E-state index < -0.39 is 33.7 Å². The summed E-state index contributed by atoms with van der Waals surface area (Å²) in [5.74, 6) is 4.95. The summed E-state index contributed by atoms with van der Waals surface area (Å²) in [5.41, 5.74) is 2.65. The first-order valence-electron chi connectivity index (χ1n) is 7.67. The molecule has 0 fully saturated rings. The normalized spacial score (nSPS) is 15.0. The van der Waals surface area contributed by atoms with Gasteiger partial charge in [-0.2, -0.15) is 0 Å². The van der Waals surface area contributed by atoms with E-state index in [4.69, 9.17) is 0 Å². The molecule has 4 rings (SSSR count). The van der Waals surface area contributed by atoms with Gasteiger partial charge in [-0.05, 0) is 0 Å². The SMILES string of the molecule is [CH3][Ge]1([CH3])[c]2ccccc2N(c2ccc(C=O)[te]2)c2cccc[c]21. The number of nitrogens with zero attached hydrogens (tertiary/aromatic N) is 1. The van der Waals surface area contributed by atoms with Crippen molar-refractivity contribution in [3.8, 4) is 0 Å². The Labute approximate surface area is 148 Å². The maximum atomic E-state index is 11.2. The van der Waals surface area contributed by atoms with E-state index >= 15 is 0 Å². The summed E-state index contributed by atoms with van der Waals surface area (Å²) in [5, 5.41) is 0. The Hall–Kier alpha value is -1.28. The van der Waals surface area contributed by atoms with Crippen LogP contribution in [0, 0.1) is 0 Å². The monoisotopic (exact) mass is 479 g/mol. The minimum absolute atomic E-state index is 0.599. The molecule has 23 heavy (non-hydrogen) atoms. The molecule has 0 atom stereocenters. The van der Waals surface area contributed by atoms with Gasteiger partial charge in [-0.15, -0.1) is 0 Å². The zero-order valence-corrected chi connectivity index (χ0v) is 17.5.